The Labute approximate surface area is 182 Å². The largest absolute Gasteiger partial charge is 0.456 e. The number of esters is 2. The highest BCUT2D eigenvalue weighted by Gasteiger charge is 2.31. The third-order valence-corrected chi connectivity index (χ3v) is 4.08. The van der Waals surface area contributed by atoms with Gasteiger partial charge in [0.2, 0.25) is 0 Å². The number of carbonyl (C=O) groups excluding carboxylic acids is 2. The molecule has 0 aliphatic rings. The Bertz CT molecular complexity index is 1010. The van der Waals surface area contributed by atoms with E-state index in [2.05, 4.69) is 4.74 Å². The van der Waals surface area contributed by atoms with Crippen LogP contribution in [0.1, 0.15) is 22.8 Å². The van der Waals surface area contributed by atoms with Crippen molar-refractivity contribution in [2.24, 2.45) is 0 Å². The molecule has 1 atom stereocenters. The monoisotopic (exact) mass is 481 g/mol. The molecule has 0 aliphatic carbocycles. The number of hydrogen-bond donors (Lipinski definition) is 0. The minimum Gasteiger partial charge on any atom is -0.456 e. The van der Waals surface area contributed by atoms with Gasteiger partial charge in [0.05, 0.1) is 21.4 Å². The molecule has 31 heavy (non-hydrogen) atoms. The van der Waals surface area contributed by atoms with Gasteiger partial charge in [-0.3, -0.25) is 14.9 Å². The van der Waals surface area contributed by atoms with Crippen LogP contribution in [0.2, 0.25) is 5.02 Å². The van der Waals surface area contributed by atoms with Crippen molar-refractivity contribution in [2.75, 3.05) is 5.88 Å². The molecule has 0 aromatic heterocycles. The van der Waals surface area contributed by atoms with Crippen LogP contribution in [0.3, 0.4) is 0 Å². The van der Waals surface area contributed by atoms with E-state index in [1.54, 1.807) is 0 Å². The van der Waals surface area contributed by atoms with E-state index in [-0.39, 0.29) is 16.5 Å². The standard InChI is InChI=1S/C18H12Cl2F3NO7/c1-9(25)29-16(8-19)31-17(26)12-7-11(3-4-14(12)24(27)28)30-15-5-2-10(6-13(15)20)18(21,22)23/h2-7,16H,8H2,1H3. The van der Waals surface area contributed by atoms with Crippen molar-refractivity contribution in [1.82, 2.24) is 0 Å². The minimum atomic E-state index is -4.62. The number of carbonyl (C=O) groups is 2. The Balaban J connectivity index is 2.34. The van der Waals surface area contributed by atoms with Gasteiger partial charge in [-0.25, -0.2) is 4.79 Å². The number of rotatable bonds is 7. The summed E-state index contributed by atoms with van der Waals surface area (Å²) in [6, 6.07) is 5.27. The van der Waals surface area contributed by atoms with E-state index in [9.17, 15) is 32.9 Å². The molecular weight excluding hydrogens is 470 g/mol. The van der Waals surface area contributed by atoms with Crippen molar-refractivity contribution >= 4 is 40.8 Å². The summed E-state index contributed by atoms with van der Waals surface area (Å²) < 4.78 is 53.1. The summed E-state index contributed by atoms with van der Waals surface area (Å²) in [4.78, 5) is 33.7. The van der Waals surface area contributed by atoms with Crippen LogP contribution in [-0.2, 0) is 20.4 Å². The van der Waals surface area contributed by atoms with Crippen LogP contribution in [0.4, 0.5) is 18.9 Å². The van der Waals surface area contributed by atoms with E-state index in [4.69, 9.17) is 32.7 Å². The second kappa shape index (κ2) is 9.84. The van der Waals surface area contributed by atoms with Gasteiger partial charge in [0, 0.05) is 19.1 Å². The van der Waals surface area contributed by atoms with Gasteiger partial charge in [0.15, 0.2) is 0 Å². The Hall–Kier alpha value is -3.05. The second-order valence-corrected chi connectivity index (χ2v) is 6.50. The number of nitro benzene ring substituents is 1. The molecule has 0 aliphatic heterocycles. The molecule has 8 nitrogen and oxygen atoms in total. The molecule has 0 heterocycles. The van der Waals surface area contributed by atoms with E-state index in [0.717, 1.165) is 37.3 Å². The zero-order valence-corrected chi connectivity index (χ0v) is 17.0. The number of benzene rings is 2. The SMILES string of the molecule is CC(=O)OC(CCl)OC(=O)c1cc(Oc2ccc(C(F)(F)F)cc2Cl)ccc1[N+](=O)[O-]. The normalized spacial score (nSPS) is 12.1. The maximum Gasteiger partial charge on any atom is 0.416 e. The lowest BCUT2D eigenvalue weighted by Crippen LogP contribution is -2.25. The fourth-order valence-electron chi connectivity index (χ4n) is 2.24. The van der Waals surface area contributed by atoms with Crippen molar-refractivity contribution in [2.45, 2.75) is 19.4 Å². The van der Waals surface area contributed by atoms with Crippen molar-refractivity contribution in [3.8, 4) is 11.5 Å². The van der Waals surface area contributed by atoms with Gasteiger partial charge in [-0.2, -0.15) is 13.2 Å². The first-order valence-electron chi connectivity index (χ1n) is 8.19. The third kappa shape index (κ3) is 6.46. The quantitative estimate of drug-likeness (QED) is 0.172. The molecule has 2 aromatic carbocycles. The number of ether oxygens (including phenoxy) is 3. The minimum absolute atomic E-state index is 0.158. The zero-order valence-electron chi connectivity index (χ0n) is 15.4. The fraction of sp³-hybridized carbons (Fsp3) is 0.222. The highest BCUT2D eigenvalue weighted by molar-refractivity contribution is 6.32. The molecule has 1 unspecified atom stereocenters. The van der Waals surface area contributed by atoms with Crippen LogP contribution in [0.5, 0.6) is 11.5 Å². The summed E-state index contributed by atoms with van der Waals surface area (Å²) in [6.45, 7) is 1.04. The van der Waals surface area contributed by atoms with Gasteiger partial charge in [-0.05, 0) is 24.3 Å². The molecule has 2 rings (SSSR count). The number of nitrogens with zero attached hydrogens (tertiary/aromatic N) is 1. The van der Waals surface area contributed by atoms with Crippen LogP contribution in [0, 0.1) is 10.1 Å². The number of alkyl halides is 4. The number of hydrogen-bond acceptors (Lipinski definition) is 7. The van der Waals surface area contributed by atoms with Crippen molar-refractivity contribution in [1.29, 1.82) is 0 Å². The van der Waals surface area contributed by atoms with E-state index in [0.29, 0.717) is 6.07 Å². The van der Waals surface area contributed by atoms with Gasteiger partial charge in [0.1, 0.15) is 17.1 Å². The van der Waals surface area contributed by atoms with Crippen molar-refractivity contribution in [3.63, 3.8) is 0 Å². The van der Waals surface area contributed by atoms with E-state index in [1.165, 1.54) is 0 Å². The highest BCUT2D eigenvalue weighted by atomic mass is 35.5. The predicted molar refractivity (Wildman–Crippen MR) is 101 cm³/mol. The average molecular weight is 482 g/mol. The summed E-state index contributed by atoms with van der Waals surface area (Å²) >= 11 is 11.4. The lowest BCUT2D eigenvalue weighted by molar-refractivity contribution is -0.385. The summed E-state index contributed by atoms with van der Waals surface area (Å²) in [5, 5.41) is 10.9. The maximum absolute atomic E-state index is 12.7. The van der Waals surface area contributed by atoms with Gasteiger partial charge in [-0.15, -0.1) is 11.6 Å². The Morgan fingerprint density at radius 2 is 1.84 bits per heavy atom. The zero-order chi connectivity index (χ0) is 23.3. The molecule has 2 aromatic rings. The molecule has 0 N–H and O–H groups in total. The Kier molecular flexibility index (Phi) is 7.69. The van der Waals surface area contributed by atoms with Crippen LogP contribution >= 0.6 is 23.2 Å². The molecule has 0 bridgehead atoms. The molecule has 0 saturated heterocycles. The third-order valence-electron chi connectivity index (χ3n) is 3.53. The predicted octanol–water partition coefficient (Wildman–Crippen LogP) is 5.34. The van der Waals surface area contributed by atoms with Crippen LogP contribution in [0.15, 0.2) is 36.4 Å². The van der Waals surface area contributed by atoms with Gasteiger partial charge in [0.25, 0.3) is 12.0 Å². The van der Waals surface area contributed by atoms with Gasteiger partial charge >= 0.3 is 18.1 Å². The summed E-state index contributed by atoms with van der Waals surface area (Å²) in [5.41, 5.74) is -2.24. The fourth-order valence-corrected chi connectivity index (χ4v) is 2.59. The van der Waals surface area contributed by atoms with Crippen LogP contribution in [0.25, 0.3) is 0 Å². The first-order valence-corrected chi connectivity index (χ1v) is 9.10. The summed E-state index contributed by atoms with van der Waals surface area (Å²) in [5.74, 6) is -2.84. The summed E-state index contributed by atoms with van der Waals surface area (Å²) in [6.07, 6.45) is -6.12. The van der Waals surface area contributed by atoms with Crippen LogP contribution < -0.4 is 4.74 Å². The summed E-state index contributed by atoms with van der Waals surface area (Å²) in [7, 11) is 0. The van der Waals surface area contributed by atoms with Gasteiger partial charge < -0.3 is 14.2 Å². The molecule has 0 saturated carbocycles. The van der Waals surface area contributed by atoms with Gasteiger partial charge in [-0.1, -0.05) is 11.6 Å². The van der Waals surface area contributed by atoms with Crippen molar-refractivity contribution < 1.29 is 41.9 Å². The van der Waals surface area contributed by atoms with E-state index < -0.39 is 52.0 Å². The molecule has 13 heteroatoms. The molecule has 0 fully saturated rings. The number of nitro groups is 1. The molecule has 0 radical (unpaired) electrons. The lowest BCUT2D eigenvalue weighted by atomic mass is 10.1. The Morgan fingerprint density at radius 1 is 1.16 bits per heavy atom. The first kappa shape index (κ1) is 24.2. The second-order valence-electron chi connectivity index (χ2n) is 5.78. The molecular formula is C18H12Cl2F3NO7. The molecule has 0 amide bonds. The Morgan fingerprint density at radius 3 is 2.35 bits per heavy atom. The van der Waals surface area contributed by atoms with E-state index >= 15 is 0 Å². The molecule has 0 spiro atoms. The topological polar surface area (TPSA) is 105 Å². The number of halogens is 5. The van der Waals surface area contributed by atoms with Crippen molar-refractivity contribution in [3.05, 3.63) is 62.7 Å². The highest BCUT2D eigenvalue weighted by Crippen LogP contribution is 2.37. The smallest absolute Gasteiger partial charge is 0.416 e. The van der Waals surface area contributed by atoms with E-state index in [1.807, 2.05) is 0 Å². The lowest BCUT2D eigenvalue weighted by Gasteiger charge is -2.15. The van der Waals surface area contributed by atoms with Crippen LogP contribution in [-0.4, -0.2) is 29.0 Å². The molecule has 166 valence electrons. The first-order chi connectivity index (χ1) is 14.4. The average Bonchev–Trinajstić information content (AvgIpc) is 2.67. The maximum atomic E-state index is 12.7.